The van der Waals surface area contributed by atoms with Crippen molar-refractivity contribution in [3.05, 3.63) is 48.0 Å². The molecule has 6 nitrogen and oxygen atoms in total. The molecule has 1 rings (SSSR count). The third-order valence-electron chi connectivity index (χ3n) is 9.27. The average molecular weight is 699 g/mol. The van der Waals surface area contributed by atoms with Crippen molar-refractivity contribution in [1.82, 2.24) is 0 Å². The van der Waals surface area contributed by atoms with Gasteiger partial charge in [-0.2, -0.15) is 0 Å². The number of esters is 3. The summed E-state index contributed by atoms with van der Waals surface area (Å²) in [6, 6.07) is 8.70. The molecule has 286 valence electrons. The van der Waals surface area contributed by atoms with E-state index >= 15 is 0 Å². The van der Waals surface area contributed by atoms with Gasteiger partial charge in [0.05, 0.1) is 5.56 Å². The van der Waals surface area contributed by atoms with Crippen LogP contribution in [0.25, 0.3) is 0 Å². The highest BCUT2D eigenvalue weighted by Gasteiger charge is 2.20. The number of unbranched alkanes of at least 4 members (excludes halogenated alkanes) is 23. The van der Waals surface area contributed by atoms with Crippen LogP contribution < -0.4 is 0 Å². The van der Waals surface area contributed by atoms with Crippen molar-refractivity contribution in [1.29, 1.82) is 0 Å². The summed E-state index contributed by atoms with van der Waals surface area (Å²) < 4.78 is 16.5. The first kappa shape index (κ1) is 45.4. The fourth-order valence-electron chi connectivity index (χ4n) is 6.07. The van der Waals surface area contributed by atoms with Crippen molar-refractivity contribution in [2.75, 3.05) is 13.2 Å². The first-order chi connectivity index (χ1) is 24.6. The molecule has 1 aromatic rings. The molecule has 0 bridgehead atoms. The Hall–Kier alpha value is -2.63. The number of allylic oxidation sites excluding steroid dienone is 2. The Morgan fingerprint density at radius 3 is 1.38 bits per heavy atom. The van der Waals surface area contributed by atoms with Crippen LogP contribution in [-0.4, -0.2) is 37.2 Å². The molecule has 0 N–H and O–H groups in total. The maximum atomic E-state index is 12.6. The fraction of sp³-hybridized carbons (Fsp3) is 0.750. The number of ether oxygens (including phenoxy) is 3. The van der Waals surface area contributed by atoms with Crippen LogP contribution in [0.1, 0.15) is 204 Å². The largest absolute Gasteiger partial charge is 0.462 e. The standard InChI is InChI=1S/C44H74O6/c1-3-5-7-9-11-13-15-17-18-20-21-23-25-27-32-36-42(45)48-38-41(39-49-44(47)40-34-30-29-31-35-40)50-43(46)37-33-28-26-24-22-19-16-14-12-10-8-6-4-2/h17-18,29-31,34-35,41H,3-16,19-28,32-33,36-39H2,1-2H3/b18-17-. The van der Waals surface area contributed by atoms with Gasteiger partial charge in [0.15, 0.2) is 6.10 Å². The third kappa shape index (κ3) is 29.1. The molecule has 0 aliphatic heterocycles. The van der Waals surface area contributed by atoms with E-state index < -0.39 is 12.1 Å². The summed E-state index contributed by atoms with van der Waals surface area (Å²) in [6.07, 6.45) is 36.2. The average Bonchev–Trinajstić information content (AvgIpc) is 3.13. The summed E-state index contributed by atoms with van der Waals surface area (Å²) in [5.74, 6) is -1.15. The first-order valence-electron chi connectivity index (χ1n) is 20.8. The third-order valence-corrected chi connectivity index (χ3v) is 9.27. The maximum Gasteiger partial charge on any atom is 0.338 e. The van der Waals surface area contributed by atoms with E-state index in [0.717, 1.165) is 44.9 Å². The number of hydrogen-bond acceptors (Lipinski definition) is 6. The predicted molar refractivity (Wildman–Crippen MR) is 207 cm³/mol. The fourth-order valence-corrected chi connectivity index (χ4v) is 6.07. The summed E-state index contributed by atoms with van der Waals surface area (Å²) >= 11 is 0. The Labute approximate surface area is 306 Å². The summed E-state index contributed by atoms with van der Waals surface area (Å²) in [4.78, 5) is 37.6. The summed E-state index contributed by atoms with van der Waals surface area (Å²) in [6.45, 7) is 4.24. The van der Waals surface area contributed by atoms with Gasteiger partial charge < -0.3 is 14.2 Å². The molecule has 1 aromatic carbocycles. The quantitative estimate of drug-likeness (QED) is 0.0304. The van der Waals surface area contributed by atoms with Crippen LogP contribution in [0.15, 0.2) is 42.5 Å². The van der Waals surface area contributed by atoms with E-state index in [2.05, 4.69) is 26.0 Å². The normalized spacial score (nSPS) is 11.9. The molecular weight excluding hydrogens is 624 g/mol. The Kier molecular flexibility index (Phi) is 31.6. The number of hydrogen-bond donors (Lipinski definition) is 0. The van der Waals surface area contributed by atoms with Crippen molar-refractivity contribution >= 4 is 17.9 Å². The van der Waals surface area contributed by atoms with Crippen LogP contribution in [0.5, 0.6) is 0 Å². The van der Waals surface area contributed by atoms with E-state index in [1.807, 2.05) is 6.07 Å². The van der Waals surface area contributed by atoms with Crippen molar-refractivity contribution in [2.24, 2.45) is 0 Å². The number of benzene rings is 1. The maximum absolute atomic E-state index is 12.6. The summed E-state index contributed by atoms with van der Waals surface area (Å²) in [5, 5.41) is 0. The molecule has 0 aliphatic carbocycles. The van der Waals surface area contributed by atoms with Crippen LogP contribution in [0.2, 0.25) is 0 Å². The Morgan fingerprint density at radius 1 is 0.500 bits per heavy atom. The monoisotopic (exact) mass is 699 g/mol. The molecule has 6 heteroatoms. The van der Waals surface area contributed by atoms with Gasteiger partial charge in [-0.3, -0.25) is 9.59 Å². The van der Waals surface area contributed by atoms with Crippen LogP contribution in [0.3, 0.4) is 0 Å². The summed E-state index contributed by atoms with van der Waals surface area (Å²) in [7, 11) is 0. The number of rotatable bonds is 35. The zero-order chi connectivity index (χ0) is 36.2. The first-order valence-corrected chi connectivity index (χ1v) is 20.8. The van der Waals surface area contributed by atoms with E-state index in [4.69, 9.17) is 14.2 Å². The highest BCUT2D eigenvalue weighted by atomic mass is 16.6. The SMILES string of the molecule is CCCCCCCC/C=C\CCCCCCCC(=O)OCC(COC(=O)c1ccccc1)OC(=O)CCCCCCCCCCCCCCC. The topological polar surface area (TPSA) is 78.9 Å². The lowest BCUT2D eigenvalue weighted by atomic mass is 10.0. The van der Waals surface area contributed by atoms with Gasteiger partial charge in [0, 0.05) is 12.8 Å². The van der Waals surface area contributed by atoms with E-state index in [1.165, 1.54) is 122 Å². The summed E-state index contributed by atoms with van der Waals surface area (Å²) in [5.41, 5.74) is 0.422. The zero-order valence-electron chi connectivity index (χ0n) is 32.3. The van der Waals surface area contributed by atoms with Gasteiger partial charge in [-0.15, -0.1) is 0 Å². The van der Waals surface area contributed by atoms with Crippen LogP contribution >= 0.6 is 0 Å². The second-order valence-electron chi connectivity index (χ2n) is 14.1. The minimum atomic E-state index is -0.824. The molecule has 0 saturated carbocycles. The lowest BCUT2D eigenvalue weighted by Crippen LogP contribution is -2.30. The van der Waals surface area contributed by atoms with Gasteiger partial charge in [0.1, 0.15) is 13.2 Å². The van der Waals surface area contributed by atoms with Gasteiger partial charge in [-0.05, 0) is 50.7 Å². The second kappa shape index (κ2) is 34.8. The zero-order valence-corrected chi connectivity index (χ0v) is 32.3. The van der Waals surface area contributed by atoms with Gasteiger partial charge in [0.25, 0.3) is 0 Å². The molecule has 0 radical (unpaired) electrons. The molecule has 0 fully saturated rings. The number of carbonyl (C=O) groups is 3. The molecule has 1 atom stereocenters. The minimum absolute atomic E-state index is 0.115. The molecule has 0 saturated heterocycles. The van der Waals surface area contributed by atoms with Gasteiger partial charge in [-0.1, -0.05) is 173 Å². The van der Waals surface area contributed by atoms with Crippen molar-refractivity contribution in [3.8, 4) is 0 Å². The Bertz CT molecular complexity index is 959. The molecular formula is C44H74O6. The van der Waals surface area contributed by atoms with Crippen molar-refractivity contribution in [2.45, 2.75) is 200 Å². The van der Waals surface area contributed by atoms with E-state index in [9.17, 15) is 14.4 Å². The second-order valence-corrected chi connectivity index (χ2v) is 14.1. The van der Waals surface area contributed by atoms with Crippen molar-refractivity contribution in [3.63, 3.8) is 0 Å². The lowest BCUT2D eigenvalue weighted by molar-refractivity contribution is -0.161. The molecule has 50 heavy (non-hydrogen) atoms. The minimum Gasteiger partial charge on any atom is -0.462 e. The highest BCUT2D eigenvalue weighted by Crippen LogP contribution is 2.15. The smallest absolute Gasteiger partial charge is 0.338 e. The number of carbonyl (C=O) groups excluding carboxylic acids is 3. The predicted octanol–water partition coefficient (Wildman–Crippen LogP) is 12.8. The Balaban J connectivity index is 2.23. The van der Waals surface area contributed by atoms with Crippen LogP contribution in [0.4, 0.5) is 0 Å². The van der Waals surface area contributed by atoms with Crippen LogP contribution in [-0.2, 0) is 23.8 Å². The van der Waals surface area contributed by atoms with E-state index in [0.29, 0.717) is 18.4 Å². The highest BCUT2D eigenvalue weighted by molar-refractivity contribution is 5.89. The van der Waals surface area contributed by atoms with Gasteiger partial charge >= 0.3 is 17.9 Å². The van der Waals surface area contributed by atoms with Crippen LogP contribution in [0, 0.1) is 0 Å². The van der Waals surface area contributed by atoms with Crippen molar-refractivity contribution < 1.29 is 28.6 Å². The molecule has 0 amide bonds. The molecule has 0 heterocycles. The Morgan fingerprint density at radius 2 is 0.900 bits per heavy atom. The van der Waals surface area contributed by atoms with Gasteiger partial charge in [-0.25, -0.2) is 4.79 Å². The molecule has 0 aliphatic rings. The van der Waals surface area contributed by atoms with E-state index in [1.54, 1.807) is 24.3 Å². The lowest BCUT2D eigenvalue weighted by Gasteiger charge is -2.18. The van der Waals surface area contributed by atoms with E-state index in [-0.39, 0.29) is 25.2 Å². The molecule has 0 spiro atoms. The molecule has 0 aromatic heterocycles. The van der Waals surface area contributed by atoms with Gasteiger partial charge in [0.2, 0.25) is 0 Å². The molecule has 1 unspecified atom stereocenters.